The number of aromatic nitrogens is 2. The van der Waals surface area contributed by atoms with Crippen molar-refractivity contribution in [1.29, 1.82) is 0 Å². The Morgan fingerprint density at radius 1 is 1.24 bits per heavy atom. The normalized spacial score (nSPS) is 14.4. The molecular weight excluding hydrogens is 372 g/mol. The highest BCUT2D eigenvalue weighted by Gasteiger charge is 2.28. The summed E-state index contributed by atoms with van der Waals surface area (Å²) < 4.78 is 6.90. The molecule has 29 heavy (non-hydrogen) atoms. The summed E-state index contributed by atoms with van der Waals surface area (Å²) in [5.74, 6) is -0.541. The molecule has 2 aromatic rings. The number of likely N-dealkylation sites (tertiary alicyclic amines) is 1. The van der Waals surface area contributed by atoms with Gasteiger partial charge in [0.1, 0.15) is 0 Å². The molecule has 0 unspecified atom stereocenters. The van der Waals surface area contributed by atoms with Crippen LogP contribution in [0.15, 0.2) is 43.0 Å². The van der Waals surface area contributed by atoms with E-state index in [4.69, 9.17) is 4.74 Å². The van der Waals surface area contributed by atoms with Crippen molar-refractivity contribution >= 4 is 23.5 Å². The van der Waals surface area contributed by atoms with E-state index < -0.39 is 0 Å². The number of anilines is 1. The average molecular weight is 398 g/mol. The number of rotatable bonds is 7. The molecule has 1 saturated heterocycles. The molecule has 0 spiro atoms. The van der Waals surface area contributed by atoms with Gasteiger partial charge < -0.3 is 19.5 Å². The lowest BCUT2D eigenvalue weighted by atomic mass is 9.96. The number of aryl methyl sites for hydroxylation is 1. The first kappa shape index (κ1) is 20.6. The molecule has 154 valence electrons. The van der Waals surface area contributed by atoms with E-state index in [0.29, 0.717) is 56.8 Å². The van der Waals surface area contributed by atoms with Gasteiger partial charge in [-0.2, -0.15) is 0 Å². The maximum atomic E-state index is 12.8. The minimum Gasteiger partial charge on any atom is -0.466 e. The molecule has 0 saturated carbocycles. The summed E-state index contributed by atoms with van der Waals surface area (Å²) in [6, 6.07) is 6.94. The average Bonchev–Trinajstić information content (AvgIpc) is 3.26. The van der Waals surface area contributed by atoms with Crippen molar-refractivity contribution in [3.05, 3.63) is 48.5 Å². The van der Waals surface area contributed by atoms with Crippen molar-refractivity contribution in [3.63, 3.8) is 0 Å². The van der Waals surface area contributed by atoms with E-state index in [1.807, 2.05) is 4.57 Å². The van der Waals surface area contributed by atoms with Crippen LogP contribution in [0, 0.1) is 5.92 Å². The van der Waals surface area contributed by atoms with Gasteiger partial charge in [0.15, 0.2) is 0 Å². The van der Waals surface area contributed by atoms with Crippen LogP contribution in [-0.4, -0.2) is 51.9 Å². The molecule has 3 rings (SSSR count). The molecule has 8 nitrogen and oxygen atoms in total. The Labute approximate surface area is 169 Å². The van der Waals surface area contributed by atoms with Crippen molar-refractivity contribution in [2.24, 2.45) is 5.92 Å². The van der Waals surface area contributed by atoms with Crippen molar-refractivity contribution in [3.8, 4) is 0 Å². The molecule has 1 fully saturated rings. The number of esters is 1. The van der Waals surface area contributed by atoms with Crippen LogP contribution in [-0.2, 0) is 20.9 Å². The van der Waals surface area contributed by atoms with E-state index in [1.165, 1.54) is 0 Å². The summed E-state index contributed by atoms with van der Waals surface area (Å²) in [6.45, 7) is 3.74. The number of nitrogens with zero attached hydrogens (tertiary/aromatic N) is 3. The van der Waals surface area contributed by atoms with Crippen LogP contribution in [0.25, 0.3) is 0 Å². The van der Waals surface area contributed by atoms with Gasteiger partial charge in [0.05, 0.1) is 18.9 Å². The van der Waals surface area contributed by atoms with Gasteiger partial charge in [-0.1, -0.05) is 6.07 Å². The quantitative estimate of drug-likeness (QED) is 0.723. The number of amides is 2. The van der Waals surface area contributed by atoms with Crippen LogP contribution >= 0.6 is 0 Å². The molecule has 1 aliphatic rings. The fourth-order valence-corrected chi connectivity index (χ4v) is 3.36. The van der Waals surface area contributed by atoms with Gasteiger partial charge in [0, 0.05) is 49.7 Å². The Hall–Kier alpha value is -3.16. The van der Waals surface area contributed by atoms with E-state index in [-0.39, 0.29) is 23.7 Å². The van der Waals surface area contributed by atoms with Gasteiger partial charge in [0.25, 0.3) is 5.91 Å². The van der Waals surface area contributed by atoms with Gasteiger partial charge in [-0.15, -0.1) is 0 Å². The number of carbonyl (C=O) groups is 3. The van der Waals surface area contributed by atoms with Crippen LogP contribution in [0.3, 0.4) is 0 Å². The number of ether oxygens (including phenoxy) is 1. The lowest BCUT2D eigenvalue weighted by molar-refractivity contribution is -0.149. The number of benzene rings is 1. The summed E-state index contributed by atoms with van der Waals surface area (Å²) in [4.78, 5) is 42.5. The highest BCUT2D eigenvalue weighted by molar-refractivity contribution is 5.97. The maximum Gasteiger partial charge on any atom is 0.309 e. The van der Waals surface area contributed by atoms with Crippen molar-refractivity contribution in [2.75, 3.05) is 25.0 Å². The Balaban J connectivity index is 1.53. The first-order valence-corrected chi connectivity index (χ1v) is 9.88. The zero-order valence-corrected chi connectivity index (χ0v) is 16.5. The lowest BCUT2D eigenvalue weighted by Crippen LogP contribution is -2.40. The predicted octanol–water partition coefficient (Wildman–Crippen LogP) is 2.33. The molecule has 1 N–H and O–H groups in total. The highest BCUT2D eigenvalue weighted by Crippen LogP contribution is 2.21. The van der Waals surface area contributed by atoms with Gasteiger partial charge in [-0.05, 0) is 38.0 Å². The number of piperidine rings is 1. The smallest absolute Gasteiger partial charge is 0.309 e. The molecule has 1 aromatic carbocycles. The van der Waals surface area contributed by atoms with E-state index >= 15 is 0 Å². The van der Waals surface area contributed by atoms with Crippen molar-refractivity contribution < 1.29 is 19.1 Å². The minimum atomic E-state index is -0.181. The summed E-state index contributed by atoms with van der Waals surface area (Å²) >= 11 is 0. The van der Waals surface area contributed by atoms with Crippen molar-refractivity contribution in [2.45, 2.75) is 32.7 Å². The van der Waals surface area contributed by atoms with Crippen LogP contribution in [0.4, 0.5) is 5.69 Å². The molecule has 0 bridgehead atoms. The molecule has 0 radical (unpaired) electrons. The van der Waals surface area contributed by atoms with Crippen LogP contribution in [0.1, 0.15) is 36.5 Å². The van der Waals surface area contributed by atoms with Gasteiger partial charge in [-0.25, -0.2) is 4.98 Å². The second-order valence-electron chi connectivity index (χ2n) is 7.00. The summed E-state index contributed by atoms with van der Waals surface area (Å²) in [6.07, 6.45) is 6.66. The Bertz CT molecular complexity index is 842. The van der Waals surface area contributed by atoms with Gasteiger partial charge in [-0.3, -0.25) is 14.4 Å². The molecule has 2 heterocycles. The largest absolute Gasteiger partial charge is 0.466 e. The summed E-state index contributed by atoms with van der Waals surface area (Å²) in [5, 5.41) is 2.83. The molecule has 0 atom stereocenters. The van der Waals surface area contributed by atoms with Gasteiger partial charge >= 0.3 is 5.97 Å². The zero-order chi connectivity index (χ0) is 20.6. The van der Waals surface area contributed by atoms with Crippen LogP contribution in [0.5, 0.6) is 0 Å². The predicted molar refractivity (Wildman–Crippen MR) is 107 cm³/mol. The topological polar surface area (TPSA) is 93.5 Å². The number of hydrogen-bond donors (Lipinski definition) is 1. The van der Waals surface area contributed by atoms with E-state index in [2.05, 4.69) is 10.3 Å². The van der Waals surface area contributed by atoms with Crippen molar-refractivity contribution in [1.82, 2.24) is 14.5 Å². The Kier molecular flexibility index (Phi) is 6.99. The fraction of sp³-hybridized carbons (Fsp3) is 0.429. The number of carbonyl (C=O) groups excluding carboxylic acids is 3. The minimum absolute atomic E-state index is 0.0955. The standard InChI is InChI=1S/C21H26N4O4/c1-2-29-21(28)16-6-11-25(12-7-16)20(27)17-4-3-5-18(14-17)23-19(26)8-10-24-13-9-22-15-24/h3-5,9,13-16H,2,6-8,10-12H2,1H3,(H,23,26). The maximum absolute atomic E-state index is 12.8. The fourth-order valence-electron chi connectivity index (χ4n) is 3.36. The third-order valence-electron chi connectivity index (χ3n) is 4.95. The zero-order valence-electron chi connectivity index (χ0n) is 16.5. The molecule has 0 aliphatic carbocycles. The summed E-state index contributed by atoms with van der Waals surface area (Å²) in [5.41, 5.74) is 1.11. The number of hydrogen-bond acceptors (Lipinski definition) is 5. The summed E-state index contributed by atoms with van der Waals surface area (Å²) in [7, 11) is 0. The number of nitrogens with one attached hydrogen (secondary N) is 1. The van der Waals surface area contributed by atoms with Crippen LogP contribution in [0.2, 0.25) is 0 Å². The highest BCUT2D eigenvalue weighted by atomic mass is 16.5. The van der Waals surface area contributed by atoms with E-state index in [0.717, 1.165) is 0 Å². The van der Waals surface area contributed by atoms with Crippen LogP contribution < -0.4 is 5.32 Å². The Morgan fingerprint density at radius 2 is 2.03 bits per heavy atom. The molecule has 1 aromatic heterocycles. The van der Waals surface area contributed by atoms with E-state index in [1.54, 1.807) is 54.8 Å². The molecule has 8 heteroatoms. The lowest BCUT2D eigenvalue weighted by Gasteiger charge is -2.31. The molecule has 1 aliphatic heterocycles. The second-order valence-corrected chi connectivity index (χ2v) is 7.00. The SMILES string of the molecule is CCOC(=O)C1CCN(C(=O)c2cccc(NC(=O)CCn3ccnc3)c2)CC1. The third-order valence-corrected chi connectivity index (χ3v) is 4.95. The molecular formula is C21H26N4O4. The Morgan fingerprint density at radius 3 is 2.72 bits per heavy atom. The van der Waals surface area contributed by atoms with Gasteiger partial charge in [0.2, 0.25) is 5.91 Å². The monoisotopic (exact) mass is 398 g/mol. The second kappa shape index (κ2) is 9.86. The van der Waals surface area contributed by atoms with E-state index in [9.17, 15) is 14.4 Å². The third kappa shape index (κ3) is 5.66. The molecule has 2 amide bonds. The number of imidazole rings is 1. The first-order valence-electron chi connectivity index (χ1n) is 9.88. The first-order chi connectivity index (χ1) is 14.1.